The van der Waals surface area contributed by atoms with Crippen LogP contribution in [0.2, 0.25) is 0 Å². The van der Waals surface area contributed by atoms with E-state index in [-0.39, 0.29) is 17.0 Å². The quantitative estimate of drug-likeness (QED) is 0.566. The van der Waals surface area contributed by atoms with Crippen LogP contribution in [0.1, 0.15) is 12.0 Å². The summed E-state index contributed by atoms with van der Waals surface area (Å²) in [6, 6.07) is 10.6. The Kier molecular flexibility index (Phi) is 7.11. The smallest absolute Gasteiger partial charge is 0.0756 e. The number of aryl methyl sites for hydroxylation is 1. The molecule has 0 saturated carbocycles. The third kappa shape index (κ3) is 4.52. The van der Waals surface area contributed by atoms with E-state index in [1.165, 1.54) is 24.9 Å². The highest BCUT2D eigenvalue weighted by molar-refractivity contribution is 5.14. The fourth-order valence-electron chi connectivity index (χ4n) is 1.15. The number of benzene rings is 1. The van der Waals surface area contributed by atoms with Crippen molar-refractivity contribution in [1.82, 2.24) is 0 Å². The molecule has 1 aromatic carbocycles. The SMILES string of the molecule is C[NH2+]CCCc1ccccc1.[Br-]. The molecule has 0 unspecified atom stereocenters. The van der Waals surface area contributed by atoms with Gasteiger partial charge in [0.05, 0.1) is 13.6 Å². The minimum absolute atomic E-state index is 0. The summed E-state index contributed by atoms with van der Waals surface area (Å²) in [5, 5.41) is 2.23. The van der Waals surface area contributed by atoms with Gasteiger partial charge >= 0.3 is 0 Å². The van der Waals surface area contributed by atoms with E-state index < -0.39 is 0 Å². The summed E-state index contributed by atoms with van der Waals surface area (Å²) < 4.78 is 0. The van der Waals surface area contributed by atoms with E-state index in [4.69, 9.17) is 0 Å². The van der Waals surface area contributed by atoms with E-state index >= 15 is 0 Å². The van der Waals surface area contributed by atoms with E-state index in [0.29, 0.717) is 0 Å². The zero-order valence-electron chi connectivity index (χ0n) is 7.46. The van der Waals surface area contributed by atoms with Crippen molar-refractivity contribution in [3.05, 3.63) is 35.9 Å². The van der Waals surface area contributed by atoms with Crippen LogP contribution in [0.5, 0.6) is 0 Å². The maximum Gasteiger partial charge on any atom is 0.0756 e. The van der Waals surface area contributed by atoms with Crippen LogP contribution in [0.4, 0.5) is 0 Å². The summed E-state index contributed by atoms with van der Waals surface area (Å²) >= 11 is 0. The number of hydrogen-bond donors (Lipinski definition) is 1. The molecule has 0 aliphatic heterocycles. The van der Waals surface area contributed by atoms with Crippen molar-refractivity contribution in [3.8, 4) is 0 Å². The summed E-state index contributed by atoms with van der Waals surface area (Å²) in [4.78, 5) is 0. The van der Waals surface area contributed by atoms with Gasteiger partial charge < -0.3 is 22.3 Å². The minimum Gasteiger partial charge on any atom is -1.00 e. The van der Waals surface area contributed by atoms with Crippen LogP contribution in [0, 0.1) is 0 Å². The van der Waals surface area contributed by atoms with Gasteiger partial charge in [-0.1, -0.05) is 30.3 Å². The molecule has 1 aromatic rings. The standard InChI is InChI=1S/C10H15N.BrH/c1-11-9-5-8-10-6-3-2-4-7-10;/h2-4,6-7,11H,5,8-9H2,1H3;1H. The largest absolute Gasteiger partial charge is 1.00 e. The van der Waals surface area contributed by atoms with Gasteiger partial charge in [0.15, 0.2) is 0 Å². The summed E-state index contributed by atoms with van der Waals surface area (Å²) in [7, 11) is 2.12. The molecule has 0 saturated heterocycles. The molecule has 12 heavy (non-hydrogen) atoms. The Morgan fingerprint density at radius 1 is 1.17 bits per heavy atom. The van der Waals surface area contributed by atoms with Crippen molar-refractivity contribution in [2.24, 2.45) is 0 Å². The number of hydrogen-bond acceptors (Lipinski definition) is 0. The van der Waals surface area contributed by atoms with Gasteiger partial charge in [0.25, 0.3) is 0 Å². The number of quaternary nitrogens is 1. The summed E-state index contributed by atoms with van der Waals surface area (Å²) in [6.07, 6.45) is 2.49. The number of rotatable bonds is 4. The van der Waals surface area contributed by atoms with Crippen molar-refractivity contribution in [2.75, 3.05) is 13.6 Å². The molecular formula is C10H16BrN. The van der Waals surface area contributed by atoms with Crippen LogP contribution in [0.3, 0.4) is 0 Å². The molecule has 0 amide bonds. The average Bonchev–Trinajstić information content (AvgIpc) is 2.07. The highest BCUT2D eigenvalue weighted by Gasteiger charge is 1.90. The normalized spacial score (nSPS) is 9.08. The highest BCUT2D eigenvalue weighted by Crippen LogP contribution is 2.00. The van der Waals surface area contributed by atoms with Gasteiger partial charge in [0.1, 0.15) is 0 Å². The second-order valence-electron chi connectivity index (χ2n) is 2.79. The van der Waals surface area contributed by atoms with E-state index in [1.807, 2.05) is 0 Å². The zero-order chi connectivity index (χ0) is 7.94. The summed E-state index contributed by atoms with van der Waals surface area (Å²) in [6.45, 7) is 1.23. The van der Waals surface area contributed by atoms with Crippen molar-refractivity contribution < 1.29 is 22.3 Å². The second-order valence-corrected chi connectivity index (χ2v) is 2.79. The molecule has 2 N–H and O–H groups in total. The lowest BCUT2D eigenvalue weighted by Gasteiger charge is -1.97. The fourth-order valence-corrected chi connectivity index (χ4v) is 1.15. The monoisotopic (exact) mass is 229 g/mol. The van der Waals surface area contributed by atoms with Crippen LogP contribution in [0.25, 0.3) is 0 Å². The van der Waals surface area contributed by atoms with Gasteiger partial charge in [-0.25, -0.2) is 0 Å². The molecule has 0 fully saturated rings. The van der Waals surface area contributed by atoms with E-state index in [1.54, 1.807) is 0 Å². The first kappa shape index (κ1) is 11.7. The van der Waals surface area contributed by atoms with Crippen molar-refractivity contribution >= 4 is 0 Å². The fraction of sp³-hybridized carbons (Fsp3) is 0.400. The Balaban J connectivity index is 0.00000121. The maximum atomic E-state index is 2.23. The van der Waals surface area contributed by atoms with E-state index in [0.717, 1.165) is 0 Å². The van der Waals surface area contributed by atoms with Crippen LogP contribution in [-0.2, 0) is 6.42 Å². The van der Waals surface area contributed by atoms with Gasteiger partial charge in [-0.2, -0.15) is 0 Å². The molecule has 1 rings (SSSR count). The molecule has 2 heteroatoms. The zero-order valence-corrected chi connectivity index (χ0v) is 9.05. The minimum atomic E-state index is 0. The molecule has 0 bridgehead atoms. The molecule has 68 valence electrons. The molecule has 0 aliphatic rings. The van der Waals surface area contributed by atoms with Gasteiger partial charge in [-0.3, -0.25) is 0 Å². The van der Waals surface area contributed by atoms with Crippen LogP contribution in [-0.4, -0.2) is 13.6 Å². The molecule has 0 spiro atoms. The van der Waals surface area contributed by atoms with Crippen LogP contribution in [0.15, 0.2) is 30.3 Å². The lowest BCUT2D eigenvalue weighted by atomic mass is 10.1. The topological polar surface area (TPSA) is 16.6 Å². The number of halogens is 1. The Hall–Kier alpha value is -0.340. The van der Waals surface area contributed by atoms with Crippen LogP contribution >= 0.6 is 0 Å². The third-order valence-electron chi connectivity index (χ3n) is 1.80. The molecule has 0 aliphatic carbocycles. The van der Waals surface area contributed by atoms with Crippen molar-refractivity contribution in [1.29, 1.82) is 0 Å². The van der Waals surface area contributed by atoms with Gasteiger partial charge in [-0.05, 0) is 12.0 Å². The number of nitrogens with two attached hydrogens (primary N) is 1. The first-order valence-corrected chi connectivity index (χ1v) is 4.25. The molecule has 0 atom stereocenters. The first-order valence-electron chi connectivity index (χ1n) is 4.25. The van der Waals surface area contributed by atoms with E-state index in [2.05, 4.69) is 42.7 Å². The molecule has 0 radical (unpaired) electrons. The molecule has 0 aromatic heterocycles. The lowest BCUT2D eigenvalue weighted by Crippen LogP contribution is -3.00. The Bertz CT molecular complexity index is 186. The predicted molar refractivity (Wildman–Crippen MR) is 47.5 cm³/mol. The maximum absolute atomic E-state index is 2.23. The third-order valence-corrected chi connectivity index (χ3v) is 1.80. The molecular weight excluding hydrogens is 214 g/mol. The Labute approximate surface area is 85.0 Å². The summed E-state index contributed by atoms with van der Waals surface area (Å²) in [5.74, 6) is 0. The van der Waals surface area contributed by atoms with Gasteiger partial charge in [-0.15, -0.1) is 0 Å². The Morgan fingerprint density at radius 3 is 2.42 bits per heavy atom. The lowest BCUT2D eigenvalue weighted by molar-refractivity contribution is -0.627. The van der Waals surface area contributed by atoms with Crippen molar-refractivity contribution in [3.63, 3.8) is 0 Å². The molecule has 1 nitrogen and oxygen atoms in total. The predicted octanol–water partition coefficient (Wildman–Crippen LogP) is -2.18. The average molecular weight is 230 g/mol. The van der Waals surface area contributed by atoms with Crippen LogP contribution < -0.4 is 22.3 Å². The van der Waals surface area contributed by atoms with Crippen molar-refractivity contribution in [2.45, 2.75) is 12.8 Å². The second kappa shape index (κ2) is 7.32. The highest BCUT2D eigenvalue weighted by atomic mass is 79.9. The first-order chi connectivity index (χ1) is 5.43. The van der Waals surface area contributed by atoms with Gasteiger partial charge in [0.2, 0.25) is 0 Å². The Morgan fingerprint density at radius 2 is 1.83 bits per heavy atom. The molecule has 0 heterocycles. The van der Waals surface area contributed by atoms with E-state index in [9.17, 15) is 0 Å². The van der Waals surface area contributed by atoms with Gasteiger partial charge in [0, 0.05) is 6.42 Å². The summed E-state index contributed by atoms with van der Waals surface area (Å²) in [5.41, 5.74) is 1.45.